The van der Waals surface area contributed by atoms with Crippen molar-refractivity contribution in [2.45, 2.75) is 11.6 Å². The fraction of sp³-hybridized carbons (Fsp3) is 0.0377. The van der Waals surface area contributed by atoms with E-state index in [4.69, 9.17) is 9.72 Å². The summed E-state index contributed by atoms with van der Waals surface area (Å²) < 4.78 is 6.85. The van der Waals surface area contributed by atoms with E-state index in [-0.39, 0.29) is 6.17 Å². The van der Waals surface area contributed by atoms with Crippen LogP contribution in [0.4, 0.5) is 17.1 Å². The van der Waals surface area contributed by atoms with E-state index in [1.54, 1.807) is 0 Å². The van der Waals surface area contributed by atoms with Crippen LogP contribution in [0, 0.1) is 0 Å². The van der Waals surface area contributed by atoms with Crippen molar-refractivity contribution in [1.82, 2.24) is 4.98 Å². The first-order valence-electron chi connectivity index (χ1n) is 19.6. The first-order valence-corrected chi connectivity index (χ1v) is 19.6. The highest BCUT2D eigenvalue weighted by Crippen LogP contribution is 2.65. The van der Waals surface area contributed by atoms with Gasteiger partial charge >= 0.3 is 0 Å². The highest BCUT2D eigenvalue weighted by atomic mass is 16.5. The third-order valence-electron chi connectivity index (χ3n) is 12.1. The number of pyridine rings is 1. The number of nitrogens with zero attached hydrogens (tertiary/aromatic N) is 2. The summed E-state index contributed by atoms with van der Waals surface area (Å²) in [6, 6.07) is 71.8. The van der Waals surface area contributed by atoms with E-state index in [0.717, 1.165) is 67.3 Å². The minimum atomic E-state index is -0.659. The number of benzene rings is 8. The number of anilines is 3. The van der Waals surface area contributed by atoms with Crippen LogP contribution in [0.25, 0.3) is 44.4 Å². The van der Waals surface area contributed by atoms with Gasteiger partial charge in [-0.2, -0.15) is 0 Å². The predicted octanol–water partition coefficient (Wildman–Crippen LogP) is 13.3. The molecule has 9 aromatic rings. The van der Waals surface area contributed by atoms with Crippen LogP contribution in [0.2, 0.25) is 0 Å². The van der Waals surface area contributed by atoms with E-state index in [1.807, 2.05) is 0 Å². The molecular formula is C53H35N3O. The summed E-state index contributed by atoms with van der Waals surface area (Å²) in [5, 5.41) is 4.94. The number of hydrogen-bond acceptors (Lipinski definition) is 4. The lowest BCUT2D eigenvalue weighted by molar-refractivity contribution is 0.437. The van der Waals surface area contributed by atoms with Gasteiger partial charge in [-0.05, 0) is 81.9 Å². The highest BCUT2D eigenvalue weighted by molar-refractivity contribution is 6.04. The van der Waals surface area contributed by atoms with Gasteiger partial charge in [0.25, 0.3) is 0 Å². The molecule has 8 aromatic carbocycles. The maximum absolute atomic E-state index is 6.85. The van der Waals surface area contributed by atoms with Crippen molar-refractivity contribution in [3.63, 3.8) is 0 Å². The van der Waals surface area contributed by atoms with Gasteiger partial charge in [0.05, 0.1) is 28.0 Å². The standard InChI is InChI=1S/C53H35N3O/c1-3-15-35(16-4-1)51-49-39-19-7-9-21-41(39)53(50(49)40-20-8-11-23-44(40)54-51)42-22-10-14-26-47(42)57-48-32-31-37(33-43(48)53)34-27-29-36(30-28-34)52-55-45-24-12-13-25-46(45)56(52)38-17-5-2-6-18-38/h1-33,52,55H. The van der Waals surface area contributed by atoms with Gasteiger partial charge in [0.2, 0.25) is 0 Å². The fourth-order valence-corrected chi connectivity index (χ4v) is 9.74. The van der Waals surface area contributed by atoms with Gasteiger partial charge in [0.1, 0.15) is 17.7 Å². The molecule has 57 heavy (non-hydrogen) atoms. The van der Waals surface area contributed by atoms with Crippen molar-refractivity contribution in [2.24, 2.45) is 0 Å². The molecule has 0 saturated carbocycles. The molecule has 1 N–H and O–H groups in total. The third-order valence-corrected chi connectivity index (χ3v) is 12.1. The Morgan fingerprint density at radius 2 is 1.19 bits per heavy atom. The Hall–Kier alpha value is -7.43. The molecule has 0 radical (unpaired) electrons. The average Bonchev–Trinajstić information content (AvgIpc) is 3.82. The number of fused-ring (bicyclic) bond motifs is 12. The molecule has 4 heteroatoms. The first kappa shape index (κ1) is 31.9. The summed E-state index contributed by atoms with van der Waals surface area (Å²) in [5.41, 5.74) is 16.5. The maximum atomic E-state index is 6.85. The molecule has 12 rings (SSSR count). The summed E-state index contributed by atoms with van der Waals surface area (Å²) >= 11 is 0. The lowest BCUT2D eigenvalue weighted by Crippen LogP contribution is -2.32. The minimum Gasteiger partial charge on any atom is -0.457 e. The normalized spacial score (nSPS) is 16.9. The second-order valence-electron chi connectivity index (χ2n) is 15.1. The van der Waals surface area contributed by atoms with E-state index in [2.05, 4.69) is 210 Å². The van der Waals surface area contributed by atoms with Crippen LogP contribution in [0.5, 0.6) is 11.5 Å². The van der Waals surface area contributed by atoms with Crippen molar-refractivity contribution in [2.75, 3.05) is 10.2 Å². The van der Waals surface area contributed by atoms with E-state index >= 15 is 0 Å². The summed E-state index contributed by atoms with van der Waals surface area (Å²) in [7, 11) is 0. The predicted molar refractivity (Wildman–Crippen MR) is 231 cm³/mol. The fourth-order valence-electron chi connectivity index (χ4n) is 9.74. The monoisotopic (exact) mass is 729 g/mol. The average molecular weight is 730 g/mol. The lowest BCUT2D eigenvalue weighted by Gasteiger charge is -2.40. The lowest BCUT2D eigenvalue weighted by atomic mass is 9.65. The Morgan fingerprint density at radius 3 is 2.05 bits per heavy atom. The van der Waals surface area contributed by atoms with Crippen LogP contribution in [-0.4, -0.2) is 4.98 Å². The molecule has 1 spiro atoms. The summed E-state index contributed by atoms with van der Waals surface area (Å²) in [6.45, 7) is 0. The Bertz CT molecular complexity index is 3030. The molecule has 2 atom stereocenters. The second-order valence-corrected chi connectivity index (χ2v) is 15.1. The van der Waals surface area contributed by atoms with Crippen molar-refractivity contribution >= 4 is 28.0 Å². The minimum absolute atomic E-state index is 0.0391. The highest BCUT2D eigenvalue weighted by Gasteiger charge is 2.53. The van der Waals surface area contributed by atoms with Gasteiger partial charge in [-0.15, -0.1) is 0 Å². The van der Waals surface area contributed by atoms with Crippen molar-refractivity contribution < 1.29 is 4.74 Å². The number of rotatable bonds is 4. The van der Waals surface area contributed by atoms with Gasteiger partial charge in [-0.25, -0.2) is 4.98 Å². The van der Waals surface area contributed by atoms with Crippen molar-refractivity contribution in [3.8, 4) is 45.0 Å². The topological polar surface area (TPSA) is 37.4 Å². The molecule has 0 bridgehead atoms. The molecule has 1 aliphatic carbocycles. The molecule has 3 aliphatic rings. The Morgan fingerprint density at radius 1 is 0.526 bits per heavy atom. The molecule has 4 nitrogen and oxygen atoms in total. The zero-order valence-corrected chi connectivity index (χ0v) is 30.9. The van der Waals surface area contributed by atoms with E-state index in [0.29, 0.717) is 0 Å². The van der Waals surface area contributed by atoms with Crippen LogP contribution in [0.15, 0.2) is 200 Å². The smallest absolute Gasteiger partial charge is 0.132 e. The van der Waals surface area contributed by atoms with Gasteiger partial charge in [-0.1, -0.05) is 152 Å². The molecule has 268 valence electrons. The number of ether oxygens (including phenoxy) is 1. The summed E-state index contributed by atoms with van der Waals surface area (Å²) in [4.78, 5) is 7.80. The number of para-hydroxylation sites is 5. The second kappa shape index (κ2) is 12.3. The van der Waals surface area contributed by atoms with Crippen LogP contribution in [0.1, 0.15) is 34.0 Å². The Labute approximate surface area is 331 Å². The number of hydrogen-bond donors (Lipinski definition) is 1. The SMILES string of the molecule is c1ccc(-c2nc3ccccc3c3c2-c2ccccc2C32c3ccccc3Oc3ccc(-c4ccc(C5Nc6ccccc6N5c5ccccc5)cc4)cc32)cc1. The van der Waals surface area contributed by atoms with E-state index in [1.165, 1.54) is 33.5 Å². The largest absolute Gasteiger partial charge is 0.457 e. The molecule has 3 heterocycles. The maximum Gasteiger partial charge on any atom is 0.132 e. The molecule has 0 amide bonds. The first-order chi connectivity index (χ1) is 28.3. The Balaban J connectivity index is 1.06. The van der Waals surface area contributed by atoms with Crippen LogP contribution >= 0.6 is 0 Å². The molecule has 1 aromatic heterocycles. The molecule has 0 saturated heterocycles. The van der Waals surface area contributed by atoms with Gasteiger partial charge in [0.15, 0.2) is 0 Å². The molecular weight excluding hydrogens is 695 g/mol. The zero-order valence-electron chi connectivity index (χ0n) is 30.9. The van der Waals surface area contributed by atoms with E-state index < -0.39 is 5.41 Å². The van der Waals surface area contributed by atoms with Crippen LogP contribution in [0.3, 0.4) is 0 Å². The number of nitrogens with one attached hydrogen (secondary N) is 1. The molecule has 2 unspecified atom stereocenters. The van der Waals surface area contributed by atoms with Crippen LogP contribution < -0.4 is 15.0 Å². The third kappa shape index (κ3) is 4.59. The zero-order chi connectivity index (χ0) is 37.5. The summed E-state index contributed by atoms with van der Waals surface area (Å²) in [6.07, 6.45) is -0.0391. The summed E-state index contributed by atoms with van der Waals surface area (Å²) in [5.74, 6) is 1.74. The number of aromatic nitrogens is 1. The van der Waals surface area contributed by atoms with Crippen molar-refractivity contribution in [3.05, 3.63) is 228 Å². The van der Waals surface area contributed by atoms with Gasteiger partial charge < -0.3 is 15.0 Å². The van der Waals surface area contributed by atoms with Crippen LogP contribution in [-0.2, 0) is 5.41 Å². The van der Waals surface area contributed by atoms with Gasteiger partial charge in [0, 0.05) is 33.3 Å². The van der Waals surface area contributed by atoms with Gasteiger partial charge in [-0.3, -0.25) is 0 Å². The Kier molecular flexibility index (Phi) is 6.87. The van der Waals surface area contributed by atoms with Crippen molar-refractivity contribution in [1.29, 1.82) is 0 Å². The molecule has 2 aliphatic heterocycles. The molecule has 0 fully saturated rings. The quantitative estimate of drug-likeness (QED) is 0.196. The van der Waals surface area contributed by atoms with E-state index in [9.17, 15) is 0 Å².